The lowest BCUT2D eigenvalue weighted by Crippen LogP contribution is -2.54. The van der Waals surface area contributed by atoms with Crippen molar-refractivity contribution in [1.82, 2.24) is 10.6 Å². The summed E-state index contributed by atoms with van der Waals surface area (Å²) in [5, 5.41) is 21.9. The van der Waals surface area contributed by atoms with Crippen LogP contribution in [0.5, 0.6) is 0 Å². The lowest BCUT2D eigenvalue weighted by atomic mass is 10.2. The second kappa shape index (κ2) is 7.71. The minimum absolute atomic E-state index is 0.183. The molecule has 0 aliphatic rings. The lowest BCUT2D eigenvalue weighted by Gasteiger charge is -2.17. The van der Waals surface area contributed by atoms with Gasteiger partial charge in [-0.25, -0.2) is 0 Å². The number of carbonyl (C=O) groups excluding carboxylic acids is 3. The number of aliphatic hydroxyl groups excluding tert-OH is 2. The molecule has 0 spiro atoms. The zero-order valence-electron chi connectivity index (χ0n) is 9.47. The summed E-state index contributed by atoms with van der Waals surface area (Å²) in [6.45, 7) is -0.0988. The number of Topliss-reactive ketones (excluding diaryl/α,β-unsaturated/α-hetero) is 1. The first-order chi connectivity index (χ1) is 7.92. The summed E-state index contributed by atoms with van der Waals surface area (Å²) in [5.41, 5.74) is 5.21. The summed E-state index contributed by atoms with van der Waals surface area (Å²) in [7, 11) is 0. The number of nitrogens with one attached hydrogen (secondary N) is 2. The van der Waals surface area contributed by atoms with E-state index in [1.807, 2.05) is 0 Å². The summed E-state index contributed by atoms with van der Waals surface area (Å²) >= 11 is 0. The Hall–Kier alpha value is -1.51. The van der Waals surface area contributed by atoms with Gasteiger partial charge in [-0.1, -0.05) is 0 Å². The minimum Gasteiger partial charge on any atom is -0.394 e. The van der Waals surface area contributed by atoms with Crippen molar-refractivity contribution in [3.8, 4) is 0 Å². The average molecular weight is 247 g/mol. The Labute approximate surface area is 98.2 Å². The maximum absolute atomic E-state index is 11.4. The Morgan fingerprint density at radius 3 is 2.18 bits per heavy atom. The third kappa shape index (κ3) is 5.95. The van der Waals surface area contributed by atoms with Crippen LogP contribution in [0.25, 0.3) is 0 Å². The van der Waals surface area contributed by atoms with Gasteiger partial charge in [0.1, 0.15) is 17.9 Å². The number of aliphatic hydroxyl groups is 2. The van der Waals surface area contributed by atoms with Gasteiger partial charge in [-0.2, -0.15) is 0 Å². The molecule has 0 heterocycles. The Bertz CT molecular complexity index is 294. The van der Waals surface area contributed by atoms with Crippen molar-refractivity contribution in [3.63, 3.8) is 0 Å². The number of carbonyl (C=O) groups is 3. The Morgan fingerprint density at radius 1 is 1.18 bits per heavy atom. The molecule has 2 atom stereocenters. The first-order valence-electron chi connectivity index (χ1n) is 4.97. The average Bonchev–Trinajstić information content (AvgIpc) is 2.31. The predicted molar refractivity (Wildman–Crippen MR) is 57.8 cm³/mol. The van der Waals surface area contributed by atoms with E-state index in [0.29, 0.717) is 0 Å². The number of nitrogens with two attached hydrogens (primary N) is 1. The number of hydrogen-bond acceptors (Lipinski definition) is 6. The van der Waals surface area contributed by atoms with Crippen molar-refractivity contribution in [2.75, 3.05) is 19.8 Å². The molecule has 98 valence electrons. The maximum Gasteiger partial charge on any atom is 0.245 e. The molecule has 17 heavy (non-hydrogen) atoms. The van der Waals surface area contributed by atoms with Crippen LogP contribution in [0.2, 0.25) is 0 Å². The first-order valence-corrected chi connectivity index (χ1v) is 4.97. The number of amides is 2. The minimum atomic E-state index is -1.19. The van der Waals surface area contributed by atoms with Gasteiger partial charge in [0.25, 0.3) is 0 Å². The highest BCUT2D eigenvalue weighted by Crippen LogP contribution is 1.86. The van der Waals surface area contributed by atoms with E-state index in [1.54, 1.807) is 0 Å². The van der Waals surface area contributed by atoms with E-state index in [0.717, 1.165) is 0 Å². The molecule has 8 nitrogen and oxygen atoms in total. The summed E-state index contributed by atoms with van der Waals surface area (Å²) in [6.07, 6.45) is 0. The molecule has 0 fully saturated rings. The van der Waals surface area contributed by atoms with Gasteiger partial charge in [0.2, 0.25) is 11.8 Å². The second-order valence-electron chi connectivity index (χ2n) is 3.45. The molecule has 0 aliphatic heterocycles. The Balaban J connectivity index is 4.27. The molecule has 8 heteroatoms. The fourth-order valence-electron chi connectivity index (χ4n) is 0.891. The van der Waals surface area contributed by atoms with Gasteiger partial charge in [0.15, 0.2) is 0 Å². The molecule has 0 saturated carbocycles. The SMILES string of the molecule is CC(=O)CNC(=O)C(CO)NC(=O)C(N)CO. The van der Waals surface area contributed by atoms with Gasteiger partial charge in [-0.15, -0.1) is 0 Å². The van der Waals surface area contributed by atoms with Gasteiger partial charge >= 0.3 is 0 Å². The van der Waals surface area contributed by atoms with E-state index >= 15 is 0 Å². The zero-order valence-corrected chi connectivity index (χ0v) is 9.47. The summed E-state index contributed by atoms with van der Waals surface area (Å²) in [4.78, 5) is 33.2. The van der Waals surface area contributed by atoms with Gasteiger partial charge in [-0.05, 0) is 6.92 Å². The van der Waals surface area contributed by atoms with Crippen LogP contribution >= 0.6 is 0 Å². The monoisotopic (exact) mass is 247 g/mol. The molecule has 0 aliphatic carbocycles. The van der Waals surface area contributed by atoms with Crippen LogP contribution in [-0.2, 0) is 14.4 Å². The van der Waals surface area contributed by atoms with Crippen LogP contribution in [0.1, 0.15) is 6.92 Å². The van der Waals surface area contributed by atoms with Crippen molar-refractivity contribution in [2.24, 2.45) is 5.73 Å². The Kier molecular flexibility index (Phi) is 7.03. The van der Waals surface area contributed by atoms with Crippen molar-refractivity contribution in [2.45, 2.75) is 19.0 Å². The summed E-state index contributed by atoms with van der Waals surface area (Å²) in [6, 6.07) is -2.36. The van der Waals surface area contributed by atoms with E-state index in [2.05, 4.69) is 10.6 Å². The largest absolute Gasteiger partial charge is 0.394 e. The van der Waals surface area contributed by atoms with Gasteiger partial charge in [0, 0.05) is 0 Å². The second-order valence-corrected chi connectivity index (χ2v) is 3.45. The molecule has 2 unspecified atom stereocenters. The highest BCUT2D eigenvalue weighted by Gasteiger charge is 2.22. The molecule has 0 saturated heterocycles. The fraction of sp³-hybridized carbons (Fsp3) is 0.667. The van der Waals surface area contributed by atoms with E-state index in [9.17, 15) is 14.4 Å². The lowest BCUT2D eigenvalue weighted by molar-refractivity contribution is -0.131. The van der Waals surface area contributed by atoms with E-state index < -0.39 is 37.1 Å². The van der Waals surface area contributed by atoms with Crippen molar-refractivity contribution in [1.29, 1.82) is 0 Å². The topological polar surface area (TPSA) is 142 Å². The van der Waals surface area contributed by atoms with Crippen LogP contribution in [0.15, 0.2) is 0 Å². The molecule has 6 N–H and O–H groups in total. The third-order valence-corrected chi connectivity index (χ3v) is 1.86. The molecular weight excluding hydrogens is 230 g/mol. The predicted octanol–water partition coefficient (Wildman–Crippen LogP) is -3.51. The molecular formula is C9H17N3O5. The zero-order chi connectivity index (χ0) is 13.4. The highest BCUT2D eigenvalue weighted by molar-refractivity contribution is 5.91. The number of ketones is 1. The molecule has 0 bridgehead atoms. The normalized spacial score (nSPS) is 13.6. The summed E-state index contributed by atoms with van der Waals surface area (Å²) in [5.74, 6) is -1.71. The maximum atomic E-state index is 11.4. The third-order valence-electron chi connectivity index (χ3n) is 1.86. The van der Waals surface area contributed by atoms with Crippen molar-refractivity contribution < 1.29 is 24.6 Å². The summed E-state index contributed by atoms with van der Waals surface area (Å²) < 4.78 is 0. The van der Waals surface area contributed by atoms with Gasteiger partial charge in [0.05, 0.1) is 19.8 Å². The fourth-order valence-corrected chi connectivity index (χ4v) is 0.891. The molecule has 2 amide bonds. The van der Waals surface area contributed by atoms with Gasteiger partial charge < -0.3 is 26.6 Å². The van der Waals surface area contributed by atoms with E-state index in [4.69, 9.17) is 15.9 Å². The standard InChI is InChI=1S/C9H17N3O5/c1-5(15)2-11-9(17)7(4-14)12-8(16)6(10)3-13/h6-7,13-14H,2-4,10H2,1H3,(H,11,17)(H,12,16). The smallest absolute Gasteiger partial charge is 0.245 e. The number of rotatable bonds is 7. The highest BCUT2D eigenvalue weighted by atomic mass is 16.3. The molecule has 0 aromatic rings. The van der Waals surface area contributed by atoms with E-state index in [1.165, 1.54) is 6.92 Å². The van der Waals surface area contributed by atoms with Crippen LogP contribution in [0.3, 0.4) is 0 Å². The first kappa shape index (κ1) is 15.5. The van der Waals surface area contributed by atoms with Crippen LogP contribution in [-0.4, -0.2) is 59.7 Å². The van der Waals surface area contributed by atoms with Crippen LogP contribution in [0.4, 0.5) is 0 Å². The van der Waals surface area contributed by atoms with Crippen molar-refractivity contribution >= 4 is 17.6 Å². The molecule has 0 radical (unpaired) electrons. The molecule has 0 aromatic carbocycles. The number of hydrogen-bond donors (Lipinski definition) is 5. The Morgan fingerprint density at radius 2 is 1.76 bits per heavy atom. The van der Waals surface area contributed by atoms with Crippen molar-refractivity contribution in [3.05, 3.63) is 0 Å². The van der Waals surface area contributed by atoms with Crippen LogP contribution in [0, 0.1) is 0 Å². The quantitative estimate of drug-likeness (QED) is 0.316. The van der Waals surface area contributed by atoms with Gasteiger partial charge in [-0.3, -0.25) is 14.4 Å². The van der Waals surface area contributed by atoms with E-state index in [-0.39, 0.29) is 12.3 Å². The van der Waals surface area contributed by atoms with Crippen LogP contribution < -0.4 is 16.4 Å². The molecule has 0 rings (SSSR count). The molecule has 0 aromatic heterocycles.